The SMILES string of the molecule is [Ag].[Au].[Au].[Ge]. The molecule has 0 nitrogen and oxygen atoms in total. The van der Waals surface area contributed by atoms with Gasteiger partial charge in [-0.1, -0.05) is 0 Å². The summed E-state index contributed by atoms with van der Waals surface area (Å²) in [5, 5.41) is 0. The zero-order chi connectivity index (χ0) is 0. The van der Waals surface area contributed by atoms with E-state index < -0.39 is 0 Å². The fraction of sp³-hybridized carbons (Fsp3) is 0. The van der Waals surface area contributed by atoms with E-state index >= 15 is 0 Å². The smallest absolute Gasteiger partial charge is 0 e. The summed E-state index contributed by atoms with van der Waals surface area (Å²) < 4.78 is 0. The van der Waals surface area contributed by atoms with Crippen molar-refractivity contribution in [3.63, 3.8) is 0 Å². The Morgan fingerprint density at radius 2 is 0.750 bits per heavy atom. The van der Waals surface area contributed by atoms with Crippen molar-refractivity contribution in [2.45, 2.75) is 0 Å². The summed E-state index contributed by atoms with van der Waals surface area (Å²) in [6.07, 6.45) is 0. The Hall–Kier alpha value is 2.76. The van der Waals surface area contributed by atoms with E-state index in [-0.39, 0.29) is 84.7 Å². The molecule has 0 spiro atoms. The van der Waals surface area contributed by atoms with E-state index in [4.69, 9.17) is 0 Å². The van der Waals surface area contributed by atoms with Crippen molar-refractivity contribution in [3.8, 4) is 0 Å². The van der Waals surface area contributed by atoms with Crippen LogP contribution >= 0.6 is 0 Å². The van der Waals surface area contributed by atoms with E-state index in [1.165, 1.54) is 0 Å². The molecule has 0 fully saturated rings. The van der Waals surface area contributed by atoms with E-state index in [9.17, 15) is 0 Å². The average Bonchev–Trinajstić information content (AvgIpc) is 0. The van der Waals surface area contributed by atoms with Crippen molar-refractivity contribution >= 4 is 17.6 Å². The Morgan fingerprint density at radius 3 is 0.750 bits per heavy atom. The van der Waals surface area contributed by atoms with Crippen molar-refractivity contribution in [2.24, 2.45) is 0 Å². The molecule has 0 bridgehead atoms. The van der Waals surface area contributed by atoms with Crippen LogP contribution in [0.2, 0.25) is 0 Å². The first-order chi connectivity index (χ1) is 0. The van der Waals surface area contributed by atoms with Gasteiger partial charge in [0.1, 0.15) is 0 Å². The molecule has 0 aromatic heterocycles. The quantitative estimate of drug-likeness (QED) is 0.346. The molecule has 0 atom stereocenters. The number of hydrogen-bond donors (Lipinski definition) is 0. The molecule has 0 aliphatic carbocycles. The fourth-order valence-electron chi connectivity index (χ4n) is 0. The third-order valence-corrected chi connectivity index (χ3v) is 0. The summed E-state index contributed by atoms with van der Waals surface area (Å²) in [6.45, 7) is 0. The Kier molecular flexibility index (Phi) is 126. The minimum Gasteiger partial charge on any atom is 0 e. The largest absolute Gasteiger partial charge is 0 e. The summed E-state index contributed by atoms with van der Waals surface area (Å²) in [7, 11) is 0. The zero-order valence-corrected chi connectivity index (χ0v) is 9.32. The summed E-state index contributed by atoms with van der Waals surface area (Å²) in [5.41, 5.74) is 0. The van der Waals surface area contributed by atoms with Crippen LogP contribution in [0.15, 0.2) is 0 Å². The van der Waals surface area contributed by atoms with Crippen molar-refractivity contribution in [1.29, 1.82) is 0 Å². The molecule has 0 heterocycles. The van der Waals surface area contributed by atoms with Gasteiger partial charge in [0, 0.05) is 84.7 Å². The molecule has 37 valence electrons. The Bertz CT molecular complexity index is 6.00. The minimum atomic E-state index is 0. The molecule has 0 saturated carbocycles. The van der Waals surface area contributed by atoms with Gasteiger partial charge < -0.3 is 0 Å². The van der Waals surface area contributed by atoms with E-state index in [1.807, 2.05) is 0 Å². The van der Waals surface area contributed by atoms with Crippen molar-refractivity contribution in [2.75, 3.05) is 0 Å². The molecule has 0 aliphatic rings. The van der Waals surface area contributed by atoms with E-state index in [1.54, 1.807) is 0 Å². The third-order valence-electron chi connectivity index (χ3n) is 0. The van der Waals surface area contributed by atoms with Crippen LogP contribution in [0.3, 0.4) is 0 Å². The zero-order valence-electron chi connectivity index (χ0n) is 1.40. The maximum absolute atomic E-state index is 0. The summed E-state index contributed by atoms with van der Waals surface area (Å²) >= 11 is 0. The summed E-state index contributed by atoms with van der Waals surface area (Å²) in [5.74, 6) is 0. The van der Waals surface area contributed by atoms with Crippen molar-refractivity contribution in [1.82, 2.24) is 0 Å². The van der Waals surface area contributed by atoms with Crippen LogP contribution in [-0.4, -0.2) is 17.6 Å². The van der Waals surface area contributed by atoms with Gasteiger partial charge in [-0.05, 0) is 0 Å². The molecule has 0 rings (SSSR count). The molecule has 0 amide bonds. The van der Waals surface area contributed by atoms with Crippen molar-refractivity contribution in [3.05, 3.63) is 0 Å². The van der Waals surface area contributed by atoms with Crippen LogP contribution in [0.4, 0.5) is 0 Å². The van der Waals surface area contributed by atoms with E-state index in [2.05, 4.69) is 0 Å². The van der Waals surface area contributed by atoms with Gasteiger partial charge in [0.15, 0.2) is 0 Å². The van der Waals surface area contributed by atoms with Gasteiger partial charge in [-0.15, -0.1) is 0 Å². The Labute approximate surface area is 83.4 Å². The molecule has 0 aromatic carbocycles. The number of rotatable bonds is 0. The average molecular weight is 574 g/mol. The second kappa shape index (κ2) is 17.1. The molecule has 0 saturated heterocycles. The van der Waals surface area contributed by atoms with Gasteiger partial charge in [-0.3, -0.25) is 0 Å². The van der Waals surface area contributed by atoms with Gasteiger partial charge in [0.05, 0.1) is 0 Å². The summed E-state index contributed by atoms with van der Waals surface area (Å²) in [4.78, 5) is 0. The third kappa shape index (κ3) is 8.83. The molecule has 4 heavy (non-hydrogen) atoms. The first-order valence-electron chi connectivity index (χ1n) is 0. The van der Waals surface area contributed by atoms with Gasteiger partial charge in [-0.25, -0.2) is 0 Å². The van der Waals surface area contributed by atoms with Crippen LogP contribution in [-0.2, 0) is 67.1 Å². The second-order valence-corrected chi connectivity index (χ2v) is 0. The Morgan fingerprint density at radius 1 is 0.750 bits per heavy atom. The molecule has 0 aliphatic heterocycles. The van der Waals surface area contributed by atoms with Crippen LogP contribution < -0.4 is 0 Å². The molecule has 0 N–H and O–H groups in total. The summed E-state index contributed by atoms with van der Waals surface area (Å²) in [6, 6.07) is 0. The molecule has 4 heteroatoms. The van der Waals surface area contributed by atoms with Crippen LogP contribution in [0.25, 0.3) is 0 Å². The van der Waals surface area contributed by atoms with Crippen LogP contribution in [0.1, 0.15) is 0 Å². The fourth-order valence-corrected chi connectivity index (χ4v) is 0. The monoisotopic (exact) mass is 575 g/mol. The topological polar surface area (TPSA) is 0 Å². The number of hydrogen-bond acceptors (Lipinski definition) is 0. The second-order valence-electron chi connectivity index (χ2n) is 0. The first-order valence-corrected chi connectivity index (χ1v) is 0. The standard InChI is InChI=1S/Ag.2Au.Ge. The van der Waals surface area contributed by atoms with Gasteiger partial charge >= 0.3 is 0 Å². The Balaban J connectivity index is 0. The van der Waals surface area contributed by atoms with Crippen LogP contribution in [0.5, 0.6) is 0 Å². The predicted molar refractivity (Wildman–Crippen MR) is 5.75 cm³/mol. The molecule has 7 radical (unpaired) electrons. The molecule has 0 unspecified atom stereocenters. The van der Waals surface area contributed by atoms with Gasteiger partial charge in [0.25, 0.3) is 0 Å². The van der Waals surface area contributed by atoms with Crippen molar-refractivity contribution < 1.29 is 67.1 Å². The van der Waals surface area contributed by atoms with Crippen LogP contribution in [0, 0.1) is 0 Å². The molecular weight excluding hydrogens is 574 g/mol. The van der Waals surface area contributed by atoms with Gasteiger partial charge in [0.2, 0.25) is 0 Å². The predicted octanol–water partition coefficient (Wildman–Crippen LogP) is -0.388. The van der Waals surface area contributed by atoms with Gasteiger partial charge in [-0.2, -0.15) is 0 Å². The first kappa shape index (κ1) is 29.4. The molecular formula is AgAu2Ge. The van der Waals surface area contributed by atoms with E-state index in [0.717, 1.165) is 0 Å². The van der Waals surface area contributed by atoms with E-state index in [0.29, 0.717) is 0 Å². The maximum atomic E-state index is 0. The molecule has 0 aromatic rings. The maximum Gasteiger partial charge on any atom is 0 e. The minimum absolute atomic E-state index is 0. The normalized spacial score (nSPS) is 0.